The van der Waals surface area contributed by atoms with E-state index in [1.165, 1.54) is 6.42 Å². The topological polar surface area (TPSA) is 24.9 Å². The summed E-state index contributed by atoms with van der Waals surface area (Å²) in [6.07, 6.45) is 4.12. The highest BCUT2D eigenvalue weighted by atomic mass is 19.2. The summed E-state index contributed by atoms with van der Waals surface area (Å²) in [4.78, 5) is 2.48. The molecule has 0 radical (unpaired) electrons. The molecule has 1 fully saturated rings. The average Bonchev–Trinajstić information content (AvgIpc) is 2.23. The molecule has 94 valence electrons. The van der Waals surface area contributed by atoms with Crippen LogP contribution >= 0.6 is 0 Å². The van der Waals surface area contributed by atoms with Crippen molar-refractivity contribution in [2.24, 2.45) is 5.92 Å². The smallest absolute Gasteiger partial charge is 0.253 e. The van der Waals surface area contributed by atoms with Crippen molar-refractivity contribution in [1.82, 2.24) is 4.98 Å². The largest absolute Gasteiger partial charge is 0.380 e. The molecule has 1 aromatic rings. The number of anilines is 1. The first-order chi connectivity index (χ1) is 8.09. The first-order valence-corrected chi connectivity index (χ1v) is 5.53. The van der Waals surface area contributed by atoms with Crippen LogP contribution in [-0.2, 0) is 0 Å². The zero-order valence-electron chi connectivity index (χ0n) is 9.07. The molecule has 17 heavy (non-hydrogen) atoms. The molecule has 1 N–H and O–H groups in total. The third kappa shape index (κ3) is 2.50. The second-order valence-electron chi connectivity index (χ2n) is 4.21. The molecule has 1 saturated carbocycles. The van der Waals surface area contributed by atoms with E-state index in [-0.39, 0.29) is 0 Å². The highest BCUT2D eigenvalue weighted by Crippen LogP contribution is 2.29. The van der Waals surface area contributed by atoms with E-state index in [2.05, 4.69) is 10.3 Å². The van der Waals surface area contributed by atoms with Crippen molar-refractivity contribution in [2.75, 3.05) is 11.9 Å². The Morgan fingerprint density at radius 1 is 1.06 bits per heavy atom. The van der Waals surface area contributed by atoms with E-state index in [4.69, 9.17) is 0 Å². The summed E-state index contributed by atoms with van der Waals surface area (Å²) in [5, 5.41) is 2.39. The van der Waals surface area contributed by atoms with Crippen LogP contribution in [0, 0.1) is 29.4 Å². The van der Waals surface area contributed by atoms with Gasteiger partial charge in [0.05, 0.1) is 0 Å². The number of aromatic nitrogens is 1. The standard InChI is InChI=1S/C11H12F4N2/c12-7-9(8(13)11(15)17-10(7)14)16-5-4-6-2-1-3-6/h6H,1-5H2,(H,16,17). The molecule has 1 aromatic heterocycles. The molecule has 0 amide bonds. The van der Waals surface area contributed by atoms with Gasteiger partial charge in [-0.15, -0.1) is 0 Å². The van der Waals surface area contributed by atoms with Gasteiger partial charge in [-0.3, -0.25) is 0 Å². The Kier molecular flexibility index (Phi) is 3.49. The summed E-state index contributed by atoms with van der Waals surface area (Å²) in [6.45, 7) is 0.293. The third-order valence-electron chi connectivity index (χ3n) is 3.08. The molecule has 2 nitrogen and oxygen atoms in total. The van der Waals surface area contributed by atoms with E-state index in [0.717, 1.165) is 19.3 Å². The Hall–Kier alpha value is -1.33. The van der Waals surface area contributed by atoms with Crippen LogP contribution in [0.2, 0.25) is 0 Å². The fourth-order valence-electron chi connectivity index (χ4n) is 1.82. The Labute approximate surface area is 96.0 Å². The number of nitrogens with zero attached hydrogens (tertiary/aromatic N) is 1. The number of rotatable bonds is 4. The molecule has 0 saturated heterocycles. The molecule has 0 unspecified atom stereocenters. The second kappa shape index (κ2) is 4.89. The number of hydrogen-bond donors (Lipinski definition) is 1. The van der Waals surface area contributed by atoms with Gasteiger partial charge in [-0.1, -0.05) is 19.3 Å². The summed E-state index contributed by atoms with van der Waals surface area (Å²) in [5.74, 6) is -5.66. The average molecular weight is 248 g/mol. The van der Waals surface area contributed by atoms with Gasteiger partial charge >= 0.3 is 0 Å². The monoisotopic (exact) mass is 248 g/mol. The maximum absolute atomic E-state index is 13.2. The zero-order valence-corrected chi connectivity index (χ0v) is 9.07. The van der Waals surface area contributed by atoms with Crippen molar-refractivity contribution >= 4 is 5.69 Å². The second-order valence-corrected chi connectivity index (χ2v) is 4.21. The summed E-state index contributed by atoms with van der Waals surface area (Å²) in [6, 6.07) is 0. The molecular formula is C11H12F4N2. The Bertz CT molecular complexity index is 392. The number of hydrogen-bond acceptors (Lipinski definition) is 2. The minimum Gasteiger partial charge on any atom is -0.380 e. The van der Waals surface area contributed by atoms with E-state index < -0.39 is 29.2 Å². The first-order valence-electron chi connectivity index (χ1n) is 5.53. The van der Waals surface area contributed by atoms with Gasteiger partial charge in [0.1, 0.15) is 5.69 Å². The Morgan fingerprint density at radius 2 is 1.65 bits per heavy atom. The van der Waals surface area contributed by atoms with Gasteiger partial charge in [0, 0.05) is 6.54 Å². The van der Waals surface area contributed by atoms with Crippen LogP contribution in [0.5, 0.6) is 0 Å². The lowest BCUT2D eigenvalue weighted by Crippen LogP contribution is -2.17. The van der Waals surface area contributed by atoms with Crippen molar-refractivity contribution < 1.29 is 17.6 Å². The van der Waals surface area contributed by atoms with Crippen LogP contribution in [0.25, 0.3) is 0 Å². The molecule has 6 heteroatoms. The van der Waals surface area contributed by atoms with Gasteiger partial charge in [0.15, 0.2) is 0 Å². The molecule has 0 bridgehead atoms. The highest BCUT2D eigenvalue weighted by Gasteiger charge is 2.21. The van der Waals surface area contributed by atoms with E-state index in [1.807, 2.05) is 0 Å². The molecule has 2 rings (SSSR count). The Morgan fingerprint density at radius 3 is 2.12 bits per heavy atom. The van der Waals surface area contributed by atoms with Crippen LogP contribution in [0.4, 0.5) is 23.2 Å². The number of pyridine rings is 1. The van der Waals surface area contributed by atoms with Crippen LogP contribution in [-0.4, -0.2) is 11.5 Å². The molecule has 0 aromatic carbocycles. The molecule has 0 aliphatic heterocycles. The van der Waals surface area contributed by atoms with E-state index >= 15 is 0 Å². The zero-order chi connectivity index (χ0) is 12.4. The van der Waals surface area contributed by atoms with Gasteiger partial charge < -0.3 is 5.32 Å². The van der Waals surface area contributed by atoms with Gasteiger partial charge in [0.2, 0.25) is 11.6 Å². The Balaban J connectivity index is 2.03. The van der Waals surface area contributed by atoms with E-state index in [0.29, 0.717) is 12.5 Å². The quantitative estimate of drug-likeness (QED) is 0.653. The number of halogens is 4. The minimum atomic E-state index is -1.63. The van der Waals surface area contributed by atoms with Gasteiger partial charge in [0.25, 0.3) is 11.9 Å². The summed E-state index contributed by atoms with van der Waals surface area (Å²) in [7, 11) is 0. The maximum atomic E-state index is 13.2. The molecular weight excluding hydrogens is 236 g/mol. The van der Waals surface area contributed by atoms with Gasteiger partial charge in [-0.25, -0.2) is 0 Å². The third-order valence-corrected chi connectivity index (χ3v) is 3.08. The molecule has 1 heterocycles. The normalized spacial score (nSPS) is 15.8. The lowest BCUT2D eigenvalue weighted by molar-refractivity contribution is 0.302. The van der Waals surface area contributed by atoms with Crippen molar-refractivity contribution in [3.05, 3.63) is 23.5 Å². The minimum absolute atomic E-state index is 0.293. The van der Waals surface area contributed by atoms with Crippen molar-refractivity contribution in [2.45, 2.75) is 25.7 Å². The fraction of sp³-hybridized carbons (Fsp3) is 0.545. The lowest BCUT2D eigenvalue weighted by atomic mass is 9.83. The van der Waals surface area contributed by atoms with Gasteiger partial charge in [-0.05, 0) is 12.3 Å². The van der Waals surface area contributed by atoms with Crippen molar-refractivity contribution in [3.63, 3.8) is 0 Å². The van der Waals surface area contributed by atoms with Crippen LogP contribution < -0.4 is 5.32 Å². The fourth-order valence-corrected chi connectivity index (χ4v) is 1.82. The van der Waals surface area contributed by atoms with Crippen LogP contribution in [0.1, 0.15) is 25.7 Å². The molecule has 0 spiro atoms. The van der Waals surface area contributed by atoms with Crippen LogP contribution in [0.3, 0.4) is 0 Å². The summed E-state index contributed by atoms with van der Waals surface area (Å²) < 4.78 is 51.8. The molecule has 1 aliphatic carbocycles. The van der Waals surface area contributed by atoms with E-state index in [9.17, 15) is 17.6 Å². The number of nitrogens with one attached hydrogen (secondary N) is 1. The molecule has 0 atom stereocenters. The first kappa shape index (κ1) is 12.1. The van der Waals surface area contributed by atoms with Crippen molar-refractivity contribution in [1.29, 1.82) is 0 Å². The lowest BCUT2D eigenvalue weighted by Gasteiger charge is -2.25. The van der Waals surface area contributed by atoms with Crippen LogP contribution in [0.15, 0.2) is 0 Å². The highest BCUT2D eigenvalue weighted by molar-refractivity contribution is 5.45. The SMILES string of the molecule is Fc1nc(F)c(F)c(NCCC2CCC2)c1F. The van der Waals surface area contributed by atoms with E-state index in [1.54, 1.807) is 0 Å². The summed E-state index contributed by atoms with van der Waals surface area (Å²) >= 11 is 0. The van der Waals surface area contributed by atoms with Gasteiger partial charge in [-0.2, -0.15) is 22.5 Å². The summed E-state index contributed by atoms with van der Waals surface area (Å²) in [5.41, 5.74) is -0.769. The molecule has 1 aliphatic rings. The predicted octanol–water partition coefficient (Wildman–Crippen LogP) is 3.24. The maximum Gasteiger partial charge on any atom is 0.253 e. The van der Waals surface area contributed by atoms with Crippen molar-refractivity contribution in [3.8, 4) is 0 Å². The predicted molar refractivity (Wildman–Crippen MR) is 54.5 cm³/mol.